The van der Waals surface area contributed by atoms with Crippen LogP contribution in [0.4, 0.5) is 0 Å². The second-order valence-corrected chi connectivity index (χ2v) is 1.88. The first-order valence-electron chi connectivity index (χ1n) is 2.42. The molecule has 1 saturated carbocycles. The van der Waals surface area contributed by atoms with Crippen molar-refractivity contribution in [2.24, 2.45) is 0 Å². The normalized spacial score (nSPS) is 40.3. The smallest absolute Gasteiger partial charge is 0.0716 e. The summed E-state index contributed by atoms with van der Waals surface area (Å²) >= 11 is 0. The summed E-state index contributed by atoms with van der Waals surface area (Å²) in [4.78, 5) is 0. The average molecular weight is 103 g/mol. The molecule has 0 aliphatic heterocycles. The van der Waals surface area contributed by atoms with E-state index in [1.54, 1.807) is 0 Å². The molecular weight excluding hydrogens is 94.0 g/mol. The maximum absolute atomic E-state index is 8.69. The molecule has 0 saturated heterocycles. The zero-order valence-corrected chi connectivity index (χ0v) is 3.96. The fraction of sp³-hybridized carbons (Fsp3) is 1.00. The fourth-order valence-corrected chi connectivity index (χ4v) is 0.633. The molecule has 1 rings (SSSR count). The highest BCUT2D eigenvalue weighted by molar-refractivity contribution is 4.83. The predicted octanol–water partition coefficient (Wildman–Crippen LogP) is -0.511. The van der Waals surface area contributed by atoms with Crippen LogP contribution in [-0.4, -0.2) is 22.5 Å². The standard InChI is InChI=1S/C4H9NO2/c6-4-2-1-3(4)5-7/h3-7H,1-2H2/t3-,4-/m1/s1. The number of hydrogen-bond donors (Lipinski definition) is 3. The van der Waals surface area contributed by atoms with Gasteiger partial charge in [-0.3, -0.25) is 0 Å². The van der Waals surface area contributed by atoms with Crippen molar-refractivity contribution in [2.75, 3.05) is 0 Å². The molecule has 1 fully saturated rings. The minimum absolute atomic E-state index is 0.0556. The molecule has 0 aromatic heterocycles. The molecule has 0 aromatic carbocycles. The lowest BCUT2D eigenvalue weighted by Gasteiger charge is -2.30. The molecular formula is C4H9NO2. The Morgan fingerprint density at radius 1 is 1.43 bits per heavy atom. The van der Waals surface area contributed by atoms with Crippen LogP contribution < -0.4 is 5.48 Å². The first-order valence-corrected chi connectivity index (χ1v) is 2.42. The molecule has 3 nitrogen and oxygen atoms in total. The summed E-state index contributed by atoms with van der Waals surface area (Å²) in [5.74, 6) is 0. The van der Waals surface area contributed by atoms with Gasteiger partial charge in [0.1, 0.15) is 0 Å². The Balaban J connectivity index is 2.16. The first-order chi connectivity index (χ1) is 3.34. The summed E-state index contributed by atoms with van der Waals surface area (Å²) < 4.78 is 0. The van der Waals surface area contributed by atoms with Gasteiger partial charge in [-0.05, 0) is 12.8 Å². The van der Waals surface area contributed by atoms with Crippen LogP contribution in [-0.2, 0) is 0 Å². The van der Waals surface area contributed by atoms with Crippen LogP contribution in [0.3, 0.4) is 0 Å². The molecule has 0 radical (unpaired) electrons. The SMILES string of the molecule is ON[C@@H]1CC[C@H]1O. The van der Waals surface area contributed by atoms with Crippen LogP contribution in [0, 0.1) is 0 Å². The van der Waals surface area contributed by atoms with Crippen LogP contribution in [0.5, 0.6) is 0 Å². The highest BCUT2D eigenvalue weighted by Gasteiger charge is 2.27. The van der Waals surface area contributed by atoms with E-state index in [9.17, 15) is 0 Å². The molecule has 7 heavy (non-hydrogen) atoms. The van der Waals surface area contributed by atoms with Gasteiger partial charge in [0.15, 0.2) is 0 Å². The molecule has 0 bridgehead atoms. The fourth-order valence-electron chi connectivity index (χ4n) is 0.633. The molecule has 0 amide bonds. The van der Waals surface area contributed by atoms with Crippen molar-refractivity contribution in [3.63, 3.8) is 0 Å². The molecule has 42 valence electrons. The zero-order valence-electron chi connectivity index (χ0n) is 3.96. The van der Waals surface area contributed by atoms with Gasteiger partial charge in [-0.25, -0.2) is 0 Å². The average Bonchev–Trinajstić information content (AvgIpc) is 1.65. The first kappa shape index (κ1) is 5.03. The molecule has 0 unspecified atom stereocenters. The third kappa shape index (κ3) is 0.748. The van der Waals surface area contributed by atoms with Crippen molar-refractivity contribution in [2.45, 2.75) is 25.0 Å². The van der Waals surface area contributed by atoms with E-state index < -0.39 is 0 Å². The zero-order chi connectivity index (χ0) is 5.28. The van der Waals surface area contributed by atoms with E-state index in [0.29, 0.717) is 0 Å². The van der Waals surface area contributed by atoms with Gasteiger partial charge < -0.3 is 10.3 Å². The number of aliphatic hydroxyl groups is 1. The van der Waals surface area contributed by atoms with Crippen LogP contribution >= 0.6 is 0 Å². The van der Waals surface area contributed by atoms with Crippen LogP contribution in [0.2, 0.25) is 0 Å². The lowest BCUT2D eigenvalue weighted by molar-refractivity contribution is -0.0183. The molecule has 2 atom stereocenters. The van der Waals surface area contributed by atoms with Gasteiger partial charge in [0.2, 0.25) is 0 Å². The van der Waals surface area contributed by atoms with E-state index in [-0.39, 0.29) is 12.1 Å². The molecule has 0 aromatic rings. The van der Waals surface area contributed by atoms with Crippen molar-refractivity contribution < 1.29 is 10.3 Å². The monoisotopic (exact) mass is 103 g/mol. The van der Waals surface area contributed by atoms with Crippen molar-refractivity contribution >= 4 is 0 Å². The lowest BCUT2D eigenvalue weighted by Crippen LogP contribution is -2.46. The number of hydrogen-bond acceptors (Lipinski definition) is 3. The Kier molecular flexibility index (Phi) is 1.27. The van der Waals surface area contributed by atoms with E-state index in [4.69, 9.17) is 10.3 Å². The van der Waals surface area contributed by atoms with Crippen molar-refractivity contribution in [1.82, 2.24) is 5.48 Å². The molecule has 1 aliphatic carbocycles. The molecule has 1 aliphatic rings. The predicted molar refractivity (Wildman–Crippen MR) is 24.0 cm³/mol. The number of hydroxylamine groups is 1. The largest absolute Gasteiger partial charge is 0.391 e. The van der Waals surface area contributed by atoms with Gasteiger partial charge >= 0.3 is 0 Å². The van der Waals surface area contributed by atoms with Crippen LogP contribution in [0.15, 0.2) is 0 Å². The second kappa shape index (κ2) is 1.78. The third-order valence-electron chi connectivity index (χ3n) is 1.40. The van der Waals surface area contributed by atoms with Gasteiger partial charge in [0.05, 0.1) is 12.1 Å². The Morgan fingerprint density at radius 3 is 2.14 bits per heavy atom. The maximum atomic E-state index is 8.69. The Labute approximate surface area is 41.9 Å². The van der Waals surface area contributed by atoms with E-state index >= 15 is 0 Å². The second-order valence-electron chi connectivity index (χ2n) is 1.88. The number of aliphatic hydroxyl groups excluding tert-OH is 1. The molecule has 3 N–H and O–H groups in total. The summed E-state index contributed by atoms with van der Waals surface area (Å²) in [6, 6.07) is -0.0556. The lowest BCUT2D eigenvalue weighted by atomic mass is 9.90. The van der Waals surface area contributed by atoms with Gasteiger partial charge in [-0.1, -0.05) is 0 Å². The minimum atomic E-state index is -0.315. The maximum Gasteiger partial charge on any atom is 0.0716 e. The van der Waals surface area contributed by atoms with Gasteiger partial charge in [0, 0.05) is 0 Å². The summed E-state index contributed by atoms with van der Waals surface area (Å²) in [6.07, 6.45) is 1.39. The quantitative estimate of drug-likeness (QED) is 0.392. The van der Waals surface area contributed by atoms with E-state index in [0.717, 1.165) is 12.8 Å². The van der Waals surface area contributed by atoms with Crippen molar-refractivity contribution in [3.05, 3.63) is 0 Å². The highest BCUT2D eigenvalue weighted by atomic mass is 16.5. The van der Waals surface area contributed by atoms with Crippen molar-refractivity contribution in [1.29, 1.82) is 0 Å². The third-order valence-corrected chi connectivity index (χ3v) is 1.40. The molecule has 0 heterocycles. The van der Waals surface area contributed by atoms with Gasteiger partial charge in [-0.15, -0.1) is 0 Å². The summed E-state index contributed by atoms with van der Waals surface area (Å²) in [6.45, 7) is 0. The van der Waals surface area contributed by atoms with Crippen LogP contribution in [0.1, 0.15) is 12.8 Å². The topological polar surface area (TPSA) is 52.5 Å². The van der Waals surface area contributed by atoms with Crippen molar-refractivity contribution in [3.8, 4) is 0 Å². The van der Waals surface area contributed by atoms with Gasteiger partial charge in [0.25, 0.3) is 0 Å². The van der Waals surface area contributed by atoms with E-state index in [2.05, 4.69) is 0 Å². The minimum Gasteiger partial charge on any atom is -0.391 e. The Morgan fingerprint density at radius 2 is 2.14 bits per heavy atom. The van der Waals surface area contributed by atoms with Gasteiger partial charge in [-0.2, -0.15) is 5.48 Å². The highest BCUT2D eigenvalue weighted by Crippen LogP contribution is 2.17. The van der Waals surface area contributed by atoms with Crippen LogP contribution in [0.25, 0.3) is 0 Å². The molecule has 3 heteroatoms. The Hall–Kier alpha value is -0.120. The van der Waals surface area contributed by atoms with E-state index in [1.807, 2.05) is 5.48 Å². The summed E-state index contributed by atoms with van der Waals surface area (Å²) in [5.41, 5.74) is 2.00. The number of rotatable bonds is 1. The van der Waals surface area contributed by atoms with E-state index in [1.165, 1.54) is 0 Å². The number of nitrogens with one attached hydrogen (secondary N) is 1. The summed E-state index contributed by atoms with van der Waals surface area (Å²) in [5, 5.41) is 16.8. The molecule has 0 spiro atoms. The summed E-state index contributed by atoms with van der Waals surface area (Å²) in [7, 11) is 0. The Bertz CT molecular complexity index is 64.7.